The average molecular weight is 414 g/mol. The van der Waals surface area contributed by atoms with Crippen molar-refractivity contribution in [3.8, 4) is 11.6 Å². The second-order valence-corrected chi connectivity index (χ2v) is 7.53. The Bertz CT molecular complexity index is 1010. The molecule has 31 heavy (non-hydrogen) atoms. The molecule has 5 nitrogen and oxygen atoms in total. The highest BCUT2D eigenvalue weighted by atomic mass is 16.5. The van der Waals surface area contributed by atoms with Gasteiger partial charge in [-0.3, -0.25) is 9.69 Å². The van der Waals surface area contributed by atoms with Crippen molar-refractivity contribution in [2.24, 2.45) is 0 Å². The number of benzene rings is 2. The summed E-state index contributed by atoms with van der Waals surface area (Å²) in [6.45, 7) is 4.13. The standard InChI is InChI=1S/C26H27N3O2/c30-26(24-15-7-16-27-25(24)31-23-13-5-2-6-14-23)29-19-9-18-28(20-21-29)17-8-12-22-10-3-1-4-11-22/h1-8,10-16H,9,17-21H2. The number of hydrogen-bond acceptors (Lipinski definition) is 4. The van der Waals surface area contributed by atoms with Crippen LogP contribution in [0.15, 0.2) is 85.1 Å². The van der Waals surface area contributed by atoms with Crippen molar-refractivity contribution in [3.63, 3.8) is 0 Å². The number of rotatable bonds is 6. The van der Waals surface area contributed by atoms with Crippen LogP contribution < -0.4 is 4.74 Å². The molecule has 1 amide bonds. The number of aromatic nitrogens is 1. The number of carbonyl (C=O) groups is 1. The second-order valence-electron chi connectivity index (χ2n) is 7.53. The highest BCUT2D eigenvalue weighted by Crippen LogP contribution is 2.24. The molecule has 3 aromatic rings. The largest absolute Gasteiger partial charge is 0.438 e. The number of carbonyl (C=O) groups excluding carboxylic acids is 1. The molecule has 1 saturated heterocycles. The van der Waals surface area contributed by atoms with E-state index in [0.29, 0.717) is 23.7 Å². The van der Waals surface area contributed by atoms with Gasteiger partial charge in [0.25, 0.3) is 5.91 Å². The summed E-state index contributed by atoms with van der Waals surface area (Å²) in [4.78, 5) is 21.8. The van der Waals surface area contributed by atoms with Gasteiger partial charge >= 0.3 is 0 Å². The summed E-state index contributed by atoms with van der Waals surface area (Å²) in [5.41, 5.74) is 1.71. The molecule has 1 aromatic heterocycles. The molecule has 0 saturated carbocycles. The van der Waals surface area contributed by atoms with Crippen molar-refractivity contribution in [2.75, 3.05) is 32.7 Å². The molecule has 1 fully saturated rings. The lowest BCUT2D eigenvalue weighted by molar-refractivity contribution is 0.0758. The molecular weight excluding hydrogens is 386 g/mol. The quantitative estimate of drug-likeness (QED) is 0.586. The van der Waals surface area contributed by atoms with E-state index >= 15 is 0 Å². The Hall–Kier alpha value is -3.44. The van der Waals surface area contributed by atoms with E-state index in [1.165, 1.54) is 5.56 Å². The molecule has 0 N–H and O–H groups in total. The normalized spacial score (nSPS) is 15.0. The first-order valence-electron chi connectivity index (χ1n) is 10.7. The van der Waals surface area contributed by atoms with E-state index in [9.17, 15) is 4.79 Å². The van der Waals surface area contributed by atoms with Gasteiger partial charge in [-0.15, -0.1) is 0 Å². The smallest absolute Gasteiger partial charge is 0.259 e. The van der Waals surface area contributed by atoms with Crippen LogP contribution in [0.3, 0.4) is 0 Å². The van der Waals surface area contributed by atoms with Gasteiger partial charge in [0, 0.05) is 38.9 Å². The number of para-hydroxylation sites is 1. The summed E-state index contributed by atoms with van der Waals surface area (Å²) in [6, 6.07) is 23.3. The summed E-state index contributed by atoms with van der Waals surface area (Å²) >= 11 is 0. The Labute approximate surface area is 183 Å². The molecule has 158 valence electrons. The predicted octanol–water partition coefficient (Wildman–Crippen LogP) is 4.74. The third kappa shape index (κ3) is 5.80. The Balaban J connectivity index is 1.37. The van der Waals surface area contributed by atoms with Gasteiger partial charge in [-0.1, -0.05) is 60.7 Å². The van der Waals surface area contributed by atoms with E-state index in [4.69, 9.17) is 4.74 Å². The van der Waals surface area contributed by atoms with Gasteiger partial charge in [0.1, 0.15) is 11.3 Å². The molecular formula is C26H27N3O2. The van der Waals surface area contributed by atoms with Gasteiger partial charge in [-0.05, 0) is 36.2 Å². The fraction of sp³-hybridized carbons (Fsp3) is 0.231. The summed E-state index contributed by atoms with van der Waals surface area (Å²) in [5.74, 6) is 0.994. The molecule has 4 rings (SSSR count). The third-order valence-electron chi connectivity index (χ3n) is 5.31. The molecule has 0 radical (unpaired) electrons. The maximum absolute atomic E-state index is 13.2. The molecule has 0 aliphatic carbocycles. The van der Waals surface area contributed by atoms with E-state index < -0.39 is 0 Å². The molecule has 0 atom stereocenters. The van der Waals surface area contributed by atoms with Crippen LogP contribution in [-0.4, -0.2) is 53.4 Å². The lowest BCUT2D eigenvalue weighted by atomic mass is 10.2. The molecule has 2 aromatic carbocycles. The minimum Gasteiger partial charge on any atom is -0.438 e. The van der Waals surface area contributed by atoms with Crippen molar-refractivity contribution >= 4 is 12.0 Å². The van der Waals surface area contributed by atoms with E-state index in [-0.39, 0.29) is 5.91 Å². The Kier molecular flexibility index (Phi) is 7.08. The molecule has 5 heteroatoms. The topological polar surface area (TPSA) is 45.7 Å². The van der Waals surface area contributed by atoms with Crippen LogP contribution in [0.25, 0.3) is 6.08 Å². The lowest BCUT2D eigenvalue weighted by Gasteiger charge is -2.22. The van der Waals surface area contributed by atoms with E-state index in [1.54, 1.807) is 18.3 Å². The van der Waals surface area contributed by atoms with Crippen LogP contribution >= 0.6 is 0 Å². The minimum absolute atomic E-state index is 0.0271. The Morgan fingerprint density at radius 3 is 2.48 bits per heavy atom. The van der Waals surface area contributed by atoms with E-state index in [2.05, 4.69) is 34.2 Å². The van der Waals surface area contributed by atoms with Crippen LogP contribution in [0, 0.1) is 0 Å². The van der Waals surface area contributed by atoms with Crippen LogP contribution in [0.1, 0.15) is 22.3 Å². The molecule has 0 bridgehead atoms. The maximum atomic E-state index is 13.2. The molecule has 0 spiro atoms. The van der Waals surface area contributed by atoms with Crippen molar-refractivity contribution in [2.45, 2.75) is 6.42 Å². The Morgan fingerprint density at radius 2 is 1.68 bits per heavy atom. The summed E-state index contributed by atoms with van der Waals surface area (Å²) in [6.07, 6.45) is 6.94. The highest BCUT2D eigenvalue weighted by molar-refractivity contribution is 5.96. The van der Waals surface area contributed by atoms with Gasteiger partial charge in [-0.25, -0.2) is 4.98 Å². The number of pyridine rings is 1. The fourth-order valence-corrected chi connectivity index (χ4v) is 3.66. The van der Waals surface area contributed by atoms with Crippen LogP contribution in [-0.2, 0) is 0 Å². The predicted molar refractivity (Wildman–Crippen MR) is 123 cm³/mol. The van der Waals surface area contributed by atoms with Gasteiger partial charge < -0.3 is 9.64 Å². The SMILES string of the molecule is O=C(c1cccnc1Oc1ccccc1)N1CCCN(CC=Cc2ccccc2)CC1. The Morgan fingerprint density at radius 1 is 0.903 bits per heavy atom. The van der Waals surface area contributed by atoms with Gasteiger partial charge in [0.15, 0.2) is 0 Å². The van der Waals surface area contributed by atoms with E-state index in [1.807, 2.05) is 53.4 Å². The first kappa shape index (κ1) is 20.8. The van der Waals surface area contributed by atoms with E-state index in [0.717, 1.165) is 32.6 Å². The van der Waals surface area contributed by atoms with Crippen LogP contribution in [0.5, 0.6) is 11.6 Å². The number of amides is 1. The zero-order valence-electron chi connectivity index (χ0n) is 17.6. The summed E-state index contributed by atoms with van der Waals surface area (Å²) in [7, 11) is 0. The second kappa shape index (κ2) is 10.5. The molecule has 0 unspecified atom stereocenters. The number of nitrogens with zero attached hydrogens (tertiary/aromatic N) is 3. The average Bonchev–Trinajstić information content (AvgIpc) is 3.06. The highest BCUT2D eigenvalue weighted by Gasteiger charge is 2.23. The zero-order chi connectivity index (χ0) is 21.3. The van der Waals surface area contributed by atoms with Gasteiger partial charge in [0.05, 0.1) is 0 Å². The van der Waals surface area contributed by atoms with Gasteiger partial charge in [0.2, 0.25) is 5.88 Å². The molecule has 1 aliphatic rings. The first-order chi connectivity index (χ1) is 15.3. The maximum Gasteiger partial charge on any atom is 0.259 e. The first-order valence-corrected chi connectivity index (χ1v) is 10.7. The molecule has 1 aliphatic heterocycles. The van der Waals surface area contributed by atoms with Crippen molar-refractivity contribution in [1.29, 1.82) is 0 Å². The zero-order valence-corrected chi connectivity index (χ0v) is 17.6. The lowest BCUT2D eigenvalue weighted by Crippen LogP contribution is -2.35. The fourth-order valence-electron chi connectivity index (χ4n) is 3.66. The summed E-state index contributed by atoms with van der Waals surface area (Å²) in [5, 5.41) is 0. The van der Waals surface area contributed by atoms with Crippen LogP contribution in [0.4, 0.5) is 0 Å². The van der Waals surface area contributed by atoms with Crippen molar-refractivity contribution in [3.05, 3.63) is 96.2 Å². The molecule has 2 heterocycles. The number of ether oxygens (including phenoxy) is 1. The van der Waals surface area contributed by atoms with Crippen molar-refractivity contribution < 1.29 is 9.53 Å². The van der Waals surface area contributed by atoms with Gasteiger partial charge in [-0.2, -0.15) is 0 Å². The van der Waals surface area contributed by atoms with Crippen LogP contribution in [0.2, 0.25) is 0 Å². The number of hydrogen-bond donors (Lipinski definition) is 0. The summed E-state index contributed by atoms with van der Waals surface area (Å²) < 4.78 is 5.89. The van der Waals surface area contributed by atoms with Crippen molar-refractivity contribution in [1.82, 2.24) is 14.8 Å². The minimum atomic E-state index is -0.0271. The third-order valence-corrected chi connectivity index (χ3v) is 5.31. The monoisotopic (exact) mass is 413 g/mol.